The summed E-state index contributed by atoms with van der Waals surface area (Å²) in [5.41, 5.74) is -17.1. The minimum atomic E-state index is -7.64. The van der Waals surface area contributed by atoms with Gasteiger partial charge in [0.1, 0.15) is 25.4 Å². The molecule has 71 heavy (non-hydrogen) atoms. The fourth-order valence-corrected chi connectivity index (χ4v) is 9.28. The normalized spacial score (nSPS) is 23.5. The first-order valence-corrected chi connectivity index (χ1v) is 21.0. The van der Waals surface area contributed by atoms with E-state index in [-0.39, 0.29) is 61.0 Å². The zero-order valence-corrected chi connectivity index (χ0v) is 36.9. The Bertz CT molecular complexity index is 1900. The number of alkyl halides is 22. The molecule has 0 aromatic heterocycles. The van der Waals surface area contributed by atoms with E-state index in [0.29, 0.717) is 12.8 Å². The van der Waals surface area contributed by atoms with Gasteiger partial charge in [0.15, 0.2) is 0 Å². The number of carbonyl (C=O) groups is 4. The summed E-state index contributed by atoms with van der Waals surface area (Å²) >= 11 is 0. The summed E-state index contributed by atoms with van der Waals surface area (Å²) in [5.74, 6) is -33.1. The first kappa shape index (κ1) is 61.1. The van der Waals surface area contributed by atoms with Gasteiger partial charge in [-0.3, -0.25) is 9.59 Å². The van der Waals surface area contributed by atoms with Crippen molar-refractivity contribution in [2.75, 3.05) is 13.2 Å². The maximum absolute atomic E-state index is 14.6. The second kappa shape index (κ2) is 20.6. The molecule has 5 aliphatic rings. The van der Waals surface area contributed by atoms with Gasteiger partial charge >= 0.3 is 83.6 Å². The Labute approximate surface area is 388 Å². The maximum Gasteiger partial charge on any atom is 0.438 e. The Morgan fingerprint density at radius 1 is 0.507 bits per heavy atom. The monoisotopic (exact) mass is 1080 g/mol. The largest absolute Gasteiger partial charge is 0.458 e. The quantitative estimate of drug-likeness (QED) is 0.0578. The van der Waals surface area contributed by atoms with Crippen LogP contribution in [0.2, 0.25) is 0 Å². The lowest BCUT2D eigenvalue weighted by Crippen LogP contribution is -2.70. The topological polar surface area (TPSA) is 105 Å². The van der Waals surface area contributed by atoms with Gasteiger partial charge in [-0.15, -0.1) is 0 Å². The van der Waals surface area contributed by atoms with Gasteiger partial charge in [-0.05, 0) is 83.0 Å². The molecule has 0 spiro atoms. The van der Waals surface area contributed by atoms with E-state index in [1.165, 1.54) is 0 Å². The van der Waals surface area contributed by atoms with Gasteiger partial charge in [0.05, 0.1) is 24.2 Å². The Kier molecular flexibility index (Phi) is 17.7. The third kappa shape index (κ3) is 12.3. The molecule has 2 unspecified atom stereocenters. The Balaban J connectivity index is 0.000000380. The molecule has 0 aromatic carbocycles. The summed E-state index contributed by atoms with van der Waals surface area (Å²) in [4.78, 5) is 48.2. The van der Waals surface area contributed by atoms with Gasteiger partial charge in [0.2, 0.25) is 0 Å². The Hall–Kier alpha value is -4.18. The predicted molar refractivity (Wildman–Crippen MR) is 195 cm³/mol. The molecule has 0 saturated heterocycles. The van der Waals surface area contributed by atoms with Crippen LogP contribution >= 0.6 is 0 Å². The van der Waals surface area contributed by atoms with Crippen LogP contribution in [0.1, 0.15) is 90.9 Å². The molecule has 0 heterocycles. The predicted octanol–water partition coefficient (Wildman–Crippen LogP) is 12.4. The fraction of sp³-hybridized carbons (Fsp3) is 0.805. The summed E-state index contributed by atoms with van der Waals surface area (Å²) in [6, 6.07) is 0. The molecular formula is C41H44F22O8. The second-order valence-corrected chi connectivity index (χ2v) is 18.3. The van der Waals surface area contributed by atoms with Crippen molar-refractivity contribution in [2.24, 2.45) is 29.1 Å². The molecule has 30 heteroatoms. The molecule has 0 radical (unpaired) electrons. The Morgan fingerprint density at radius 3 is 1.08 bits per heavy atom. The molecule has 5 aliphatic carbocycles. The zero-order valence-electron chi connectivity index (χ0n) is 36.9. The molecule has 0 amide bonds. The lowest BCUT2D eigenvalue weighted by molar-refractivity contribution is -0.428. The lowest BCUT2D eigenvalue weighted by atomic mass is 9.49. The molecule has 5 saturated carbocycles. The minimum Gasteiger partial charge on any atom is -0.458 e. The average Bonchev–Trinajstić information content (AvgIpc) is 3.74. The number of ether oxygens (including phenoxy) is 4. The summed E-state index contributed by atoms with van der Waals surface area (Å²) in [7, 11) is 0. The van der Waals surface area contributed by atoms with Gasteiger partial charge < -0.3 is 18.9 Å². The molecular weight excluding hydrogens is 1040 g/mol. The van der Waals surface area contributed by atoms with Crippen LogP contribution in [0.25, 0.3) is 0 Å². The molecule has 0 aromatic rings. The van der Waals surface area contributed by atoms with Crippen molar-refractivity contribution in [1.29, 1.82) is 0 Å². The molecule has 2 atom stereocenters. The van der Waals surface area contributed by atoms with Crippen LogP contribution in [0.3, 0.4) is 0 Å². The number of hydrogen-bond donors (Lipinski definition) is 0. The van der Waals surface area contributed by atoms with E-state index in [2.05, 4.69) is 27.4 Å². The van der Waals surface area contributed by atoms with Crippen molar-refractivity contribution < 1.29 is 135 Å². The Morgan fingerprint density at radius 2 is 0.803 bits per heavy atom. The van der Waals surface area contributed by atoms with E-state index in [0.717, 1.165) is 33.1 Å². The van der Waals surface area contributed by atoms with Crippen LogP contribution in [-0.4, -0.2) is 109 Å². The van der Waals surface area contributed by atoms with Crippen LogP contribution in [0, 0.1) is 29.1 Å². The van der Waals surface area contributed by atoms with Crippen LogP contribution < -0.4 is 0 Å². The smallest absolute Gasteiger partial charge is 0.438 e. The van der Waals surface area contributed by atoms with E-state index in [1.807, 2.05) is 0 Å². The van der Waals surface area contributed by atoms with Crippen molar-refractivity contribution in [3.63, 3.8) is 0 Å². The van der Waals surface area contributed by atoms with Gasteiger partial charge in [0.25, 0.3) is 0 Å². The maximum atomic E-state index is 14.6. The van der Waals surface area contributed by atoms with Gasteiger partial charge in [-0.1, -0.05) is 26.0 Å². The molecule has 0 N–H and O–H groups in total. The van der Waals surface area contributed by atoms with Crippen molar-refractivity contribution in [1.82, 2.24) is 0 Å². The minimum absolute atomic E-state index is 0.102. The highest BCUT2D eigenvalue weighted by molar-refractivity contribution is 5.87. The third-order valence-corrected chi connectivity index (χ3v) is 12.5. The van der Waals surface area contributed by atoms with E-state index in [9.17, 15) is 116 Å². The number of rotatable bonds is 18. The molecule has 5 fully saturated rings. The number of halogens is 22. The van der Waals surface area contributed by atoms with Crippen LogP contribution in [0.4, 0.5) is 96.6 Å². The number of carbonyl (C=O) groups excluding carboxylic acids is 4. The standard InChI is InChI=1S/C23H25F11O4.C18H19F11O4/c1-11(2)16(35)37-10-15(38-17(36)18-6-12-3-13(7-18)5-14(4-12)8-18)9-19(24,25)21(27,28)20(26,22(29,30)31)23(32,33)34;1-9(2)12(30)32-8-11(33-13(31)10-5-3-4-6-10)7-14(19,20)16(22,23)15(21,17(24,25)26)18(27,28)29/h12-15H,1,3-10H2,2H3;10-11H,1,3-8H2,2H3. The van der Waals surface area contributed by atoms with Gasteiger partial charge in [0, 0.05) is 11.1 Å². The van der Waals surface area contributed by atoms with Crippen molar-refractivity contribution >= 4 is 23.9 Å². The second-order valence-electron chi connectivity index (χ2n) is 18.3. The summed E-state index contributed by atoms with van der Waals surface area (Å²) in [5, 5.41) is 0. The highest BCUT2D eigenvalue weighted by Crippen LogP contribution is 2.63. The molecule has 5 rings (SSSR count). The average molecular weight is 1080 g/mol. The van der Waals surface area contributed by atoms with Gasteiger partial charge in [-0.2, -0.15) is 87.8 Å². The fourth-order valence-electron chi connectivity index (χ4n) is 9.28. The van der Waals surface area contributed by atoms with Crippen LogP contribution in [0.15, 0.2) is 24.3 Å². The first-order valence-electron chi connectivity index (χ1n) is 21.0. The van der Waals surface area contributed by atoms with E-state index in [4.69, 9.17) is 4.74 Å². The number of esters is 4. The molecule has 410 valence electrons. The highest BCUT2D eigenvalue weighted by Gasteiger charge is 2.91. The summed E-state index contributed by atoms with van der Waals surface area (Å²) < 4.78 is 313. The van der Waals surface area contributed by atoms with Crippen LogP contribution in [-0.2, 0) is 38.1 Å². The van der Waals surface area contributed by atoms with Gasteiger partial charge in [-0.25, -0.2) is 18.4 Å². The third-order valence-electron chi connectivity index (χ3n) is 12.5. The van der Waals surface area contributed by atoms with Crippen molar-refractivity contribution in [3.05, 3.63) is 24.3 Å². The first-order chi connectivity index (χ1) is 31.7. The molecule has 0 aliphatic heterocycles. The van der Waals surface area contributed by atoms with E-state index >= 15 is 0 Å². The number of hydrogen-bond acceptors (Lipinski definition) is 8. The molecule has 4 bridgehead atoms. The molecule has 8 nitrogen and oxygen atoms in total. The zero-order chi connectivity index (χ0) is 55.2. The van der Waals surface area contributed by atoms with Crippen LogP contribution in [0.5, 0.6) is 0 Å². The lowest BCUT2D eigenvalue weighted by Gasteiger charge is -2.55. The summed E-state index contributed by atoms with van der Waals surface area (Å²) in [6.07, 6.45) is -35.9. The summed E-state index contributed by atoms with van der Waals surface area (Å²) in [6.45, 7) is 5.57. The van der Waals surface area contributed by atoms with Crippen molar-refractivity contribution in [2.45, 2.75) is 163 Å². The SMILES string of the molecule is C=C(C)C(=O)OCC(CC(F)(F)C(F)(F)C(F)(C(F)(F)F)C(F)(F)F)OC(=O)C12CC3CC(CC(C3)C1)C2.C=C(C)C(=O)OCC(CC(F)(F)C(F)(F)C(F)(C(F)(F)F)C(F)(F)F)OC(=O)C1CCCC1. The highest BCUT2D eigenvalue weighted by atomic mass is 19.4. The van der Waals surface area contributed by atoms with E-state index < -0.39 is 133 Å². The van der Waals surface area contributed by atoms with E-state index in [1.54, 1.807) is 0 Å². The van der Waals surface area contributed by atoms with Crippen molar-refractivity contribution in [3.8, 4) is 0 Å².